The molecular weight excluding hydrogens is 286 g/mol. The second-order valence-corrected chi connectivity index (χ2v) is 6.08. The van der Waals surface area contributed by atoms with E-state index in [-0.39, 0.29) is 0 Å². The van der Waals surface area contributed by atoms with E-state index in [1.54, 1.807) is 7.11 Å². The molecule has 3 rings (SSSR count). The summed E-state index contributed by atoms with van der Waals surface area (Å²) >= 11 is 1.46. The molecular formula is C15H19N3O2S. The molecule has 1 aliphatic rings. The molecule has 6 heteroatoms. The summed E-state index contributed by atoms with van der Waals surface area (Å²) in [6, 6.07) is 6.61. The van der Waals surface area contributed by atoms with Gasteiger partial charge in [-0.3, -0.25) is 0 Å². The Morgan fingerprint density at radius 2 is 2.14 bits per heavy atom. The minimum atomic E-state index is 0.546. The average molecular weight is 305 g/mol. The predicted molar refractivity (Wildman–Crippen MR) is 82.2 cm³/mol. The summed E-state index contributed by atoms with van der Waals surface area (Å²) in [6.07, 6.45) is 3.50. The molecule has 0 unspecified atom stereocenters. The van der Waals surface area contributed by atoms with E-state index in [0.717, 1.165) is 23.7 Å². The van der Waals surface area contributed by atoms with E-state index in [1.165, 1.54) is 29.7 Å². The summed E-state index contributed by atoms with van der Waals surface area (Å²) in [4.78, 5) is 0. The Bertz CT molecular complexity index is 611. The van der Waals surface area contributed by atoms with Gasteiger partial charge in [0.25, 0.3) is 5.19 Å². The molecule has 0 saturated heterocycles. The maximum Gasteiger partial charge on any atom is 0.299 e. The topological polar surface area (TPSA) is 56.3 Å². The van der Waals surface area contributed by atoms with E-state index >= 15 is 0 Å². The van der Waals surface area contributed by atoms with Crippen LogP contribution in [-0.2, 0) is 13.0 Å². The number of hydrogen-bond acceptors (Lipinski definition) is 6. The van der Waals surface area contributed by atoms with Crippen LogP contribution in [0.4, 0.5) is 0 Å². The highest BCUT2D eigenvalue weighted by atomic mass is 32.1. The van der Waals surface area contributed by atoms with Crippen molar-refractivity contribution in [2.24, 2.45) is 0 Å². The number of benzene rings is 1. The lowest BCUT2D eigenvalue weighted by molar-refractivity contribution is 0.376. The van der Waals surface area contributed by atoms with Crippen molar-refractivity contribution in [1.29, 1.82) is 0 Å². The molecule has 0 atom stereocenters. The predicted octanol–water partition coefficient (Wildman–Crippen LogP) is 3.15. The first-order valence-corrected chi connectivity index (χ1v) is 8.00. The maximum atomic E-state index is 5.80. The molecule has 0 radical (unpaired) electrons. The van der Waals surface area contributed by atoms with Gasteiger partial charge in [-0.15, -0.1) is 5.10 Å². The van der Waals surface area contributed by atoms with Crippen LogP contribution in [0.2, 0.25) is 0 Å². The molecule has 1 fully saturated rings. The first kappa shape index (κ1) is 14.3. The third kappa shape index (κ3) is 3.71. The number of ether oxygens (including phenoxy) is 2. The Hall–Kier alpha value is -1.66. The zero-order valence-electron chi connectivity index (χ0n) is 12.3. The van der Waals surface area contributed by atoms with Gasteiger partial charge in [0, 0.05) is 6.04 Å². The summed E-state index contributed by atoms with van der Waals surface area (Å²) in [5, 5.41) is 13.1. The van der Waals surface area contributed by atoms with Crippen molar-refractivity contribution < 1.29 is 9.47 Å². The van der Waals surface area contributed by atoms with Crippen LogP contribution in [0.1, 0.15) is 30.3 Å². The molecule has 0 amide bonds. The fraction of sp³-hybridized carbons (Fsp3) is 0.467. The van der Waals surface area contributed by atoms with Crippen molar-refractivity contribution in [3.8, 4) is 16.7 Å². The number of methoxy groups -OCH3 is 1. The number of rotatable bonds is 7. The van der Waals surface area contributed by atoms with Crippen LogP contribution in [0.25, 0.3) is 0 Å². The van der Waals surface area contributed by atoms with E-state index in [1.807, 2.05) is 18.2 Å². The van der Waals surface area contributed by atoms with Gasteiger partial charge < -0.3 is 14.8 Å². The van der Waals surface area contributed by atoms with Crippen molar-refractivity contribution in [1.82, 2.24) is 15.5 Å². The van der Waals surface area contributed by atoms with Crippen molar-refractivity contribution in [2.75, 3.05) is 7.11 Å². The van der Waals surface area contributed by atoms with Crippen LogP contribution < -0.4 is 14.8 Å². The SMILES string of the molecule is CCc1ccc(Oc2nnc(CNC3CC3)s2)c(OC)c1. The van der Waals surface area contributed by atoms with Gasteiger partial charge in [-0.05, 0) is 37.0 Å². The molecule has 2 aromatic rings. The third-order valence-corrected chi connectivity index (χ3v) is 4.20. The fourth-order valence-electron chi connectivity index (χ4n) is 1.98. The lowest BCUT2D eigenvalue weighted by Gasteiger charge is -2.09. The van der Waals surface area contributed by atoms with Gasteiger partial charge in [0.15, 0.2) is 11.5 Å². The van der Waals surface area contributed by atoms with Gasteiger partial charge >= 0.3 is 0 Å². The molecule has 1 saturated carbocycles. The summed E-state index contributed by atoms with van der Waals surface area (Å²) < 4.78 is 11.2. The van der Waals surface area contributed by atoms with Crippen LogP contribution in [0, 0.1) is 0 Å². The Kier molecular flexibility index (Phi) is 4.36. The Morgan fingerprint density at radius 1 is 1.29 bits per heavy atom. The fourth-order valence-corrected chi connectivity index (χ4v) is 2.63. The second kappa shape index (κ2) is 6.41. The molecule has 1 aliphatic carbocycles. The molecule has 0 spiro atoms. The molecule has 1 N–H and O–H groups in total. The molecule has 1 heterocycles. The van der Waals surface area contributed by atoms with Gasteiger partial charge in [-0.25, -0.2) is 0 Å². The van der Waals surface area contributed by atoms with Crippen LogP contribution in [0.15, 0.2) is 18.2 Å². The smallest absolute Gasteiger partial charge is 0.299 e. The summed E-state index contributed by atoms with van der Waals surface area (Å²) in [5.41, 5.74) is 1.21. The summed E-state index contributed by atoms with van der Waals surface area (Å²) in [6.45, 7) is 2.87. The van der Waals surface area contributed by atoms with Crippen LogP contribution in [-0.4, -0.2) is 23.3 Å². The lowest BCUT2D eigenvalue weighted by Crippen LogP contribution is -2.14. The molecule has 1 aromatic heterocycles. The van der Waals surface area contributed by atoms with Gasteiger partial charge in [0.1, 0.15) is 5.01 Å². The zero-order valence-corrected chi connectivity index (χ0v) is 13.1. The summed E-state index contributed by atoms with van der Waals surface area (Å²) in [5.74, 6) is 1.40. The minimum absolute atomic E-state index is 0.546. The highest BCUT2D eigenvalue weighted by molar-refractivity contribution is 7.13. The van der Waals surface area contributed by atoms with Gasteiger partial charge in [-0.1, -0.05) is 29.4 Å². The van der Waals surface area contributed by atoms with Crippen molar-refractivity contribution in [3.63, 3.8) is 0 Å². The number of hydrogen-bond donors (Lipinski definition) is 1. The van der Waals surface area contributed by atoms with E-state index in [0.29, 0.717) is 17.0 Å². The van der Waals surface area contributed by atoms with Crippen LogP contribution in [0.3, 0.4) is 0 Å². The molecule has 0 bridgehead atoms. The normalized spacial score (nSPS) is 14.2. The Labute approximate surface area is 128 Å². The first-order valence-electron chi connectivity index (χ1n) is 7.19. The van der Waals surface area contributed by atoms with E-state index in [9.17, 15) is 0 Å². The second-order valence-electron chi connectivity index (χ2n) is 5.06. The van der Waals surface area contributed by atoms with Crippen molar-refractivity contribution in [3.05, 3.63) is 28.8 Å². The maximum absolute atomic E-state index is 5.80. The standard InChI is InChI=1S/C15H19N3O2S/c1-3-10-4-7-12(13(8-10)19-2)20-15-18-17-14(21-15)9-16-11-5-6-11/h4,7-8,11,16H,3,5-6,9H2,1-2H3. The van der Waals surface area contributed by atoms with Crippen LogP contribution in [0.5, 0.6) is 16.7 Å². The third-order valence-electron chi connectivity index (χ3n) is 3.40. The zero-order chi connectivity index (χ0) is 14.7. The number of nitrogens with one attached hydrogen (secondary N) is 1. The summed E-state index contributed by atoms with van der Waals surface area (Å²) in [7, 11) is 1.65. The number of nitrogens with zero attached hydrogens (tertiary/aromatic N) is 2. The largest absolute Gasteiger partial charge is 0.493 e. The number of aryl methyl sites for hydroxylation is 1. The highest BCUT2D eigenvalue weighted by Crippen LogP contribution is 2.33. The van der Waals surface area contributed by atoms with Gasteiger partial charge in [-0.2, -0.15) is 0 Å². The van der Waals surface area contributed by atoms with Crippen molar-refractivity contribution >= 4 is 11.3 Å². The monoisotopic (exact) mass is 305 g/mol. The van der Waals surface area contributed by atoms with E-state index in [4.69, 9.17) is 9.47 Å². The average Bonchev–Trinajstić information content (AvgIpc) is 3.25. The van der Waals surface area contributed by atoms with Crippen molar-refractivity contribution in [2.45, 2.75) is 38.8 Å². The van der Waals surface area contributed by atoms with Crippen LogP contribution >= 0.6 is 11.3 Å². The number of aromatic nitrogens is 2. The van der Waals surface area contributed by atoms with Gasteiger partial charge in [0.2, 0.25) is 0 Å². The molecule has 21 heavy (non-hydrogen) atoms. The van der Waals surface area contributed by atoms with E-state index < -0.39 is 0 Å². The lowest BCUT2D eigenvalue weighted by atomic mass is 10.1. The van der Waals surface area contributed by atoms with Gasteiger partial charge in [0.05, 0.1) is 13.7 Å². The molecule has 1 aromatic carbocycles. The Balaban J connectivity index is 1.67. The first-order chi connectivity index (χ1) is 10.3. The Morgan fingerprint density at radius 3 is 2.86 bits per heavy atom. The quantitative estimate of drug-likeness (QED) is 0.851. The minimum Gasteiger partial charge on any atom is -0.493 e. The highest BCUT2D eigenvalue weighted by Gasteiger charge is 2.21. The van der Waals surface area contributed by atoms with E-state index in [2.05, 4.69) is 22.4 Å². The molecule has 5 nitrogen and oxygen atoms in total. The molecule has 112 valence electrons. The molecule has 0 aliphatic heterocycles.